The average molecular weight is 506 g/mol. The Morgan fingerprint density at radius 1 is 1.19 bits per heavy atom. The van der Waals surface area contributed by atoms with Crippen molar-refractivity contribution in [2.75, 3.05) is 24.3 Å². The number of fused-ring (bicyclic) bond motifs is 3. The van der Waals surface area contributed by atoms with Gasteiger partial charge in [-0.25, -0.2) is 9.78 Å². The first kappa shape index (κ1) is 23.7. The number of hydrogen-bond donors (Lipinski definition) is 3. The first-order valence-corrected chi connectivity index (χ1v) is 12.8. The zero-order valence-electron chi connectivity index (χ0n) is 21.0. The fraction of sp³-hybridized carbons (Fsp3) is 0.500. The van der Waals surface area contributed by atoms with E-state index in [1.54, 1.807) is 6.07 Å². The van der Waals surface area contributed by atoms with Gasteiger partial charge in [-0.15, -0.1) is 0 Å². The van der Waals surface area contributed by atoms with Gasteiger partial charge in [0.15, 0.2) is 5.82 Å². The average Bonchev–Trinajstić information content (AvgIpc) is 3.55. The monoisotopic (exact) mass is 505 g/mol. The number of carbonyl (C=O) groups excluding carboxylic acids is 2. The van der Waals surface area contributed by atoms with E-state index in [1.807, 2.05) is 19.1 Å². The summed E-state index contributed by atoms with van der Waals surface area (Å²) < 4.78 is 10.4. The summed E-state index contributed by atoms with van der Waals surface area (Å²) in [7, 11) is 1.36. The Labute approximate surface area is 214 Å². The normalized spacial score (nSPS) is 25.3. The van der Waals surface area contributed by atoms with Gasteiger partial charge in [0.25, 0.3) is 0 Å². The van der Waals surface area contributed by atoms with E-state index in [-0.39, 0.29) is 18.1 Å². The van der Waals surface area contributed by atoms with Crippen LogP contribution in [0.5, 0.6) is 0 Å². The van der Waals surface area contributed by atoms with Gasteiger partial charge >= 0.3 is 11.9 Å². The fourth-order valence-corrected chi connectivity index (χ4v) is 5.97. The Morgan fingerprint density at radius 2 is 2.00 bits per heavy atom. The summed E-state index contributed by atoms with van der Waals surface area (Å²) in [6.07, 6.45) is 7.12. The van der Waals surface area contributed by atoms with Crippen molar-refractivity contribution >= 4 is 40.3 Å². The van der Waals surface area contributed by atoms with E-state index in [2.05, 4.69) is 30.7 Å². The fourth-order valence-electron chi connectivity index (χ4n) is 5.97. The lowest BCUT2D eigenvalue weighted by molar-refractivity contribution is -0.142. The zero-order valence-corrected chi connectivity index (χ0v) is 21.0. The van der Waals surface area contributed by atoms with Crippen molar-refractivity contribution in [2.45, 2.75) is 69.7 Å². The number of H-pyrrole nitrogens is 1. The number of nitrogens with zero attached hydrogens (tertiary/aromatic N) is 4. The van der Waals surface area contributed by atoms with Crippen LogP contribution in [-0.4, -0.2) is 74.9 Å². The lowest BCUT2D eigenvalue weighted by atomic mass is 9.96. The van der Waals surface area contributed by atoms with Crippen molar-refractivity contribution < 1.29 is 19.1 Å². The second kappa shape index (κ2) is 9.62. The molecule has 0 radical (unpaired) electrons. The Kier molecular flexibility index (Phi) is 6.15. The van der Waals surface area contributed by atoms with Crippen LogP contribution in [0.1, 0.15) is 54.6 Å². The first-order valence-electron chi connectivity index (χ1n) is 12.8. The van der Waals surface area contributed by atoms with Crippen molar-refractivity contribution in [2.24, 2.45) is 0 Å². The van der Waals surface area contributed by atoms with Crippen LogP contribution in [0.2, 0.25) is 0 Å². The lowest BCUT2D eigenvalue weighted by Crippen LogP contribution is -2.49. The molecule has 3 saturated heterocycles. The molecular weight excluding hydrogens is 474 g/mol. The largest absolute Gasteiger partial charge is 0.465 e. The van der Waals surface area contributed by atoms with Gasteiger partial charge in [0.1, 0.15) is 17.7 Å². The third-order valence-corrected chi connectivity index (χ3v) is 7.67. The molecule has 3 aromatic heterocycles. The van der Waals surface area contributed by atoms with E-state index in [0.717, 1.165) is 49.7 Å². The summed E-state index contributed by atoms with van der Waals surface area (Å²) in [6.45, 7) is 2.76. The number of nitrogens with one attached hydrogen (secondary N) is 3. The van der Waals surface area contributed by atoms with Gasteiger partial charge in [-0.2, -0.15) is 5.10 Å². The Balaban J connectivity index is 1.25. The van der Waals surface area contributed by atoms with Crippen molar-refractivity contribution in [3.05, 3.63) is 35.7 Å². The molecule has 0 amide bonds. The predicted octanol–water partition coefficient (Wildman–Crippen LogP) is 3.30. The topological polar surface area (TPSA) is 134 Å². The smallest absolute Gasteiger partial charge is 0.339 e. The van der Waals surface area contributed by atoms with Crippen molar-refractivity contribution in [3.8, 4) is 0 Å². The molecule has 0 spiro atoms. The van der Waals surface area contributed by atoms with Gasteiger partial charge in [0, 0.05) is 60.5 Å². The number of anilines is 3. The summed E-state index contributed by atoms with van der Waals surface area (Å²) in [4.78, 5) is 35.7. The minimum absolute atomic E-state index is 0.0157. The van der Waals surface area contributed by atoms with E-state index >= 15 is 0 Å². The molecule has 2 bridgehead atoms. The van der Waals surface area contributed by atoms with Gasteiger partial charge in [0.2, 0.25) is 0 Å². The molecule has 3 aromatic rings. The van der Waals surface area contributed by atoms with Crippen LogP contribution in [0.3, 0.4) is 0 Å². The molecule has 0 aromatic carbocycles. The number of esters is 2. The van der Waals surface area contributed by atoms with Crippen LogP contribution in [0.15, 0.2) is 24.4 Å². The minimum Gasteiger partial charge on any atom is -0.465 e. The minimum atomic E-state index is -0.437. The van der Waals surface area contributed by atoms with E-state index in [1.165, 1.54) is 13.3 Å². The highest BCUT2D eigenvalue weighted by molar-refractivity contribution is 5.98. The molecule has 3 N–H and O–H groups in total. The molecule has 3 aliphatic rings. The summed E-state index contributed by atoms with van der Waals surface area (Å²) >= 11 is 0. The van der Waals surface area contributed by atoms with E-state index in [0.29, 0.717) is 47.0 Å². The molecular formula is C26H31N7O4. The molecule has 11 heteroatoms. The number of aromatic amines is 1. The summed E-state index contributed by atoms with van der Waals surface area (Å²) in [5.41, 5.74) is 2.03. The molecule has 3 aliphatic heterocycles. The molecule has 6 rings (SSSR count). The quantitative estimate of drug-likeness (QED) is 0.411. The summed E-state index contributed by atoms with van der Waals surface area (Å²) in [5.74, 6) is 1.44. The van der Waals surface area contributed by atoms with Gasteiger partial charge in [-0.3, -0.25) is 19.8 Å². The van der Waals surface area contributed by atoms with Crippen molar-refractivity contribution in [1.82, 2.24) is 25.1 Å². The van der Waals surface area contributed by atoms with Crippen LogP contribution >= 0.6 is 0 Å². The number of piperidine rings is 1. The molecule has 1 unspecified atom stereocenters. The maximum atomic E-state index is 12.2. The number of hydrogen-bond acceptors (Lipinski definition) is 10. The summed E-state index contributed by atoms with van der Waals surface area (Å²) in [6, 6.07) is 6.64. The number of carbonyl (C=O) groups is 2. The SMILES string of the molecule is COC(=O)c1cnc2cc(Nc3cc(C)[nH]n3)nc(NC3C[C@H]4CC[C@@H](C3)N4C[C@H]3CCC(=O)O3)c2c1. The Bertz CT molecular complexity index is 1330. The molecule has 4 atom stereocenters. The number of aromatic nitrogens is 4. The molecule has 3 fully saturated rings. The van der Waals surface area contributed by atoms with E-state index in [4.69, 9.17) is 14.5 Å². The second-order valence-electron chi connectivity index (χ2n) is 10.2. The van der Waals surface area contributed by atoms with Gasteiger partial charge in [-0.1, -0.05) is 0 Å². The number of pyridine rings is 2. The van der Waals surface area contributed by atoms with Crippen molar-refractivity contribution in [3.63, 3.8) is 0 Å². The number of cyclic esters (lactones) is 1. The van der Waals surface area contributed by atoms with Gasteiger partial charge in [0.05, 0.1) is 18.2 Å². The van der Waals surface area contributed by atoms with Crippen LogP contribution < -0.4 is 10.6 Å². The van der Waals surface area contributed by atoms with E-state index < -0.39 is 5.97 Å². The third-order valence-electron chi connectivity index (χ3n) is 7.67. The Hall–Kier alpha value is -3.73. The molecule has 11 nitrogen and oxygen atoms in total. The van der Waals surface area contributed by atoms with Crippen LogP contribution in [0.4, 0.5) is 17.5 Å². The highest BCUT2D eigenvalue weighted by atomic mass is 16.5. The zero-order chi connectivity index (χ0) is 25.5. The first-order chi connectivity index (χ1) is 17.9. The second-order valence-corrected chi connectivity index (χ2v) is 10.2. The lowest BCUT2D eigenvalue weighted by Gasteiger charge is -2.40. The Morgan fingerprint density at radius 3 is 2.68 bits per heavy atom. The predicted molar refractivity (Wildman–Crippen MR) is 137 cm³/mol. The van der Waals surface area contributed by atoms with Crippen molar-refractivity contribution in [1.29, 1.82) is 0 Å². The van der Waals surface area contributed by atoms with Gasteiger partial charge < -0.3 is 20.1 Å². The van der Waals surface area contributed by atoms with Crippen LogP contribution in [0.25, 0.3) is 10.9 Å². The highest BCUT2D eigenvalue weighted by Gasteiger charge is 2.42. The maximum Gasteiger partial charge on any atom is 0.339 e. The standard InChI is InChI=1S/C26H31N7O4/c1-14-7-23(32-31-14)29-22-11-21-20(8-15(12-27-21)26(35)36-2)25(30-22)28-16-9-17-3-4-18(10-16)33(17)13-19-5-6-24(34)37-19/h7-8,11-12,16-19H,3-6,9-10,13H2,1-2H3,(H3,28,29,30,31,32)/t16?,17-,18+,19-/m1/s1. The molecule has 0 saturated carbocycles. The number of methoxy groups -OCH3 is 1. The molecule has 6 heterocycles. The highest BCUT2D eigenvalue weighted by Crippen LogP contribution is 2.38. The number of ether oxygens (including phenoxy) is 2. The molecule has 37 heavy (non-hydrogen) atoms. The van der Waals surface area contributed by atoms with Crippen LogP contribution in [0, 0.1) is 6.92 Å². The molecule has 194 valence electrons. The molecule has 0 aliphatic carbocycles. The summed E-state index contributed by atoms with van der Waals surface area (Å²) in [5, 5.41) is 14.9. The van der Waals surface area contributed by atoms with Gasteiger partial charge in [-0.05, 0) is 45.1 Å². The maximum absolute atomic E-state index is 12.2. The van der Waals surface area contributed by atoms with Crippen LogP contribution in [-0.2, 0) is 14.3 Å². The number of rotatable bonds is 7. The number of aryl methyl sites for hydroxylation is 1. The van der Waals surface area contributed by atoms with E-state index in [9.17, 15) is 9.59 Å². The third kappa shape index (κ3) is 4.83.